The third-order valence-corrected chi connectivity index (χ3v) is 2.57. The van der Waals surface area contributed by atoms with E-state index in [9.17, 15) is 5.11 Å². The average molecular weight is 228 g/mol. The largest absolute Gasteiger partial charge is 0.384 e. The van der Waals surface area contributed by atoms with Crippen LogP contribution in [0.5, 0.6) is 0 Å². The summed E-state index contributed by atoms with van der Waals surface area (Å²) in [6.07, 6.45) is 0. The quantitative estimate of drug-likeness (QED) is 0.829. The first kappa shape index (κ1) is 12.5. The fourth-order valence-electron chi connectivity index (χ4n) is 1.31. The van der Waals surface area contributed by atoms with Gasteiger partial charge in [0.25, 0.3) is 0 Å². The van der Waals surface area contributed by atoms with E-state index in [0.29, 0.717) is 17.6 Å². The molecule has 0 amide bonds. The van der Waals surface area contributed by atoms with Crippen LogP contribution in [0.2, 0.25) is 5.02 Å². The molecule has 3 heteroatoms. The summed E-state index contributed by atoms with van der Waals surface area (Å²) in [5, 5.41) is 14.1. The molecule has 0 saturated carbocycles. The standard InChI is InChI=1S/C12H18ClNO/c1-9(2)14-8-12(3,15)10-4-6-11(13)7-5-10/h4-7,9,14-15H,8H2,1-3H3. The maximum absolute atomic E-state index is 10.2. The van der Waals surface area contributed by atoms with Crippen molar-refractivity contribution in [2.75, 3.05) is 6.54 Å². The average Bonchev–Trinajstić information content (AvgIpc) is 2.16. The summed E-state index contributed by atoms with van der Waals surface area (Å²) in [6.45, 7) is 6.44. The molecule has 0 radical (unpaired) electrons. The lowest BCUT2D eigenvalue weighted by Gasteiger charge is -2.25. The zero-order chi connectivity index (χ0) is 11.5. The summed E-state index contributed by atoms with van der Waals surface area (Å²) in [5.74, 6) is 0. The second-order valence-electron chi connectivity index (χ2n) is 4.32. The summed E-state index contributed by atoms with van der Waals surface area (Å²) in [7, 11) is 0. The van der Waals surface area contributed by atoms with Crippen molar-refractivity contribution in [3.8, 4) is 0 Å². The number of benzene rings is 1. The molecule has 2 N–H and O–H groups in total. The third kappa shape index (κ3) is 3.82. The Balaban J connectivity index is 2.72. The van der Waals surface area contributed by atoms with Gasteiger partial charge in [0.1, 0.15) is 0 Å². The molecule has 0 aliphatic heterocycles. The number of halogens is 1. The monoisotopic (exact) mass is 227 g/mol. The van der Waals surface area contributed by atoms with Gasteiger partial charge in [-0.25, -0.2) is 0 Å². The lowest BCUT2D eigenvalue weighted by Crippen LogP contribution is -2.38. The second-order valence-corrected chi connectivity index (χ2v) is 4.75. The molecule has 0 aliphatic carbocycles. The molecule has 15 heavy (non-hydrogen) atoms. The van der Waals surface area contributed by atoms with Crippen LogP contribution >= 0.6 is 11.6 Å². The smallest absolute Gasteiger partial charge is 0.0992 e. The molecule has 2 nitrogen and oxygen atoms in total. The van der Waals surface area contributed by atoms with Crippen LogP contribution in [0.25, 0.3) is 0 Å². The highest BCUT2D eigenvalue weighted by Crippen LogP contribution is 2.21. The molecule has 0 aromatic heterocycles. The summed E-state index contributed by atoms with van der Waals surface area (Å²) in [5.41, 5.74) is 0.0227. The molecule has 1 rings (SSSR count). The number of hydrogen-bond acceptors (Lipinski definition) is 2. The highest BCUT2D eigenvalue weighted by molar-refractivity contribution is 6.30. The minimum atomic E-state index is -0.852. The van der Waals surface area contributed by atoms with Crippen LogP contribution < -0.4 is 5.32 Å². The normalized spacial score (nSPS) is 15.3. The van der Waals surface area contributed by atoms with Crippen LogP contribution in [0, 0.1) is 0 Å². The van der Waals surface area contributed by atoms with E-state index in [4.69, 9.17) is 11.6 Å². The Morgan fingerprint density at radius 1 is 1.33 bits per heavy atom. The number of nitrogens with one attached hydrogen (secondary N) is 1. The van der Waals surface area contributed by atoms with E-state index in [1.165, 1.54) is 0 Å². The van der Waals surface area contributed by atoms with Crippen LogP contribution in [0.15, 0.2) is 24.3 Å². The summed E-state index contributed by atoms with van der Waals surface area (Å²) < 4.78 is 0. The molecule has 0 fully saturated rings. The van der Waals surface area contributed by atoms with Gasteiger partial charge in [-0.15, -0.1) is 0 Å². The molecule has 1 aromatic carbocycles. The molecule has 1 aromatic rings. The van der Waals surface area contributed by atoms with Gasteiger partial charge in [-0.1, -0.05) is 37.6 Å². The van der Waals surface area contributed by atoms with E-state index in [-0.39, 0.29) is 0 Å². The Hall–Kier alpha value is -0.570. The van der Waals surface area contributed by atoms with Crippen molar-refractivity contribution in [3.63, 3.8) is 0 Å². The lowest BCUT2D eigenvalue weighted by atomic mass is 9.96. The van der Waals surface area contributed by atoms with Gasteiger partial charge >= 0.3 is 0 Å². The Morgan fingerprint density at radius 2 is 1.87 bits per heavy atom. The number of hydrogen-bond donors (Lipinski definition) is 2. The van der Waals surface area contributed by atoms with E-state index < -0.39 is 5.60 Å². The van der Waals surface area contributed by atoms with Gasteiger partial charge in [0.2, 0.25) is 0 Å². The first-order valence-corrected chi connectivity index (χ1v) is 5.51. The van der Waals surface area contributed by atoms with Gasteiger partial charge in [-0.3, -0.25) is 0 Å². The molecule has 0 saturated heterocycles. The predicted molar refractivity (Wildman–Crippen MR) is 64.2 cm³/mol. The molecule has 1 atom stereocenters. The Bertz CT molecular complexity index is 306. The fraction of sp³-hybridized carbons (Fsp3) is 0.500. The highest BCUT2D eigenvalue weighted by Gasteiger charge is 2.22. The van der Waals surface area contributed by atoms with Gasteiger partial charge in [-0.2, -0.15) is 0 Å². The van der Waals surface area contributed by atoms with Crippen LogP contribution in [0.1, 0.15) is 26.3 Å². The first-order valence-electron chi connectivity index (χ1n) is 5.13. The van der Waals surface area contributed by atoms with Crippen LogP contribution in [0.3, 0.4) is 0 Å². The topological polar surface area (TPSA) is 32.3 Å². The van der Waals surface area contributed by atoms with Gasteiger partial charge in [-0.05, 0) is 24.6 Å². The van der Waals surface area contributed by atoms with Crippen molar-refractivity contribution >= 4 is 11.6 Å². The van der Waals surface area contributed by atoms with Crippen molar-refractivity contribution < 1.29 is 5.11 Å². The van der Waals surface area contributed by atoms with Crippen molar-refractivity contribution in [2.24, 2.45) is 0 Å². The van der Waals surface area contributed by atoms with E-state index in [1.807, 2.05) is 12.1 Å². The summed E-state index contributed by atoms with van der Waals surface area (Å²) in [6, 6.07) is 7.65. The van der Waals surface area contributed by atoms with Gasteiger partial charge < -0.3 is 10.4 Å². The maximum Gasteiger partial charge on any atom is 0.0992 e. The predicted octanol–water partition coefficient (Wildman–Crippen LogP) is 2.55. The fourth-order valence-corrected chi connectivity index (χ4v) is 1.44. The van der Waals surface area contributed by atoms with E-state index >= 15 is 0 Å². The first-order chi connectivity index (χ1) is 6.92. The zero-order valence-electron chi connectivity index (χ0n) is 9.42. The second kappa shape index (κ2) is 4.97. The molecule has 0 heterocycles. The molecular weight excluding hydrogens is 210 g/mol. The van der Waals surface area contributed by atoms with Gasteiger partial charge in [0.05, 0.1) is 5.60 Å². The van der Waals surface area contributed by atoms with E-state index in [1.54, 1.807) is 19.1 Å². The molecule has 84 valence electrons. The Labute approximate surface area is 96.3 Å². The highest BCUT2D eigenvalue weighted by atomic mass is 35.5. The minimum absolute atomic E-state index is 0.365. The van der Waals surface area contributed by atoms with Gasteiger partial charge in [0, 0.05) is 17.6 Å². The molecular formula is C12H18ClNO. The van der Waals surface area contributed by atoms with Crippen molar-refractivity contribution in [3.05, 3.63) is 34.9 Å². The number of rotatable bonds is 4. The van der Waals surface area contributed by atoms with Crippen molar-refractivity contribution in [1.82, 2.24) is 5.32 Å². The van der Waals surface area contributed by atoms with Crippen molar-refractivity contribution in [2.45, 2.75) is 32.4 Å². The van der Waals surface area contributed by atoms with Crippen LogP contribution in [-0.2, 0) is 5.60 Å². The summed E-state index contributed by atoms with van der Waals surface area (Å²) >= 11 is 5.79. The van der Waals surface area contributed by atoms with Gasteiger partial charge in [0.15, 0.2) is 0 Å². The molecule has 0 spiro atoms. The zero-order valence-corrected chi connectivity index (χ0v) is 10.2. The van der Waals surface area contributed by atoms with Crippen LogP contribution in [-0.4, -0.2) is 17.7 Å². The Kier molecular flexibility index (Phi) is 4.14. The molecule has 0 aliphatic rings. The summed E-state index contributed by atoms with van der Waals surface area (Å²) in [4.78, 5) is 0. The van der Waals surface area contributed by atoms with Crippen LogP contribution in [0.4, 0.5) is 0 Å². The van der Waals surface area contributed by atoms with Crippen molar-refractivity contribution in [1.29, 1.82) is 0 Å². The lowest BCUT2D eigenvalue weighted by molar-refractivity contribution is 0.0549. The van der Waals surface area contributed by atoms with E-state index in [0.717, 1.165) is 5.56 Å². The number of aliphatic hydroxyl groups is 1. The Morgan fingerprint density at radius 3 is 2.33 bits per heavy atom. The minimum Gasteiger partial charge on any atom is -0.384 e. The molecule has 0 bridgehead atoms. The maximum atomic E-state index is 10.2. The SMILES string of the molecule is CC(C)NCC(C)(O)c1ccc(Cl)cc1. The third-order valence-electron chi connectivity index (χ3n) is 2.32. The molecule has 1 unspecified atom stereocenters. The van der Waals surface area contributed by atoms with E-state index in [2.05, 4.69) is 19.2 Å².